The van der Waals surface area contributed by atoms with Gasteiger partial charge in [0, 0.05) is 19.1 Å². The molecule has 9 heteroatoms. The number of nitrogens with one attached hydrogen (secondary N) is 1. The van der Waals surface area contributed by atoms with Gasteiger partial charge >= 0.3 is 11.9 Å². The van der Waals surface area contributed by atoms with E-state index in [-0.39, 0.29) is 22.1 Å². The third kappa shape index (κ3) is 4.00. The fourth-order valence-corrected chi connectivity index (χ4v) is 4.68. The molecule has 1 unspecified atom stereocenters. The molecule has 0 saturated carbocycles. The Labute approximate surface area is 147 Å². The summed E-state index contributed by atoms with van der Waals surface area (Å²) in [7, 11) is 0.270. The molecule has 0 bridgehead atoms. The highest BCUT2D eigenvalue weighted by molar-refractivity contribution is 7.89. The van der Waals surface area contributed by atoms with E-state index in [0.717, 1.165) is 12.8 Å². The summed E-state index contributed by atoms with van der Waals surface area (Å²) in [6.07, 6.45) is 1.51. The largest absolute Gasteiger partial charge is 0.465 e. The van der Waals surface area contributed by atoms with Crippen molar-refractivity contribution in [3.05, 3.63) is 29.3 Å². The number of sulfonamides is 1. The van der Waals surface area contributed by atoms with Crippen molar-refractivity contribution in [3.63, 3.8) is 0 Å². The second kappa shape index (κ2) is 7.94. The summed E-state index contributed by atoms with van der Waals surface area (Å²) in [4.78, 5) is 23.6. The van der Waals surface area contributed by atoms with E-state index in [2.05, 4.69) is 14.8 Å². The number of carbonyl (C=O) groups excluding carboxylic acids is 2. The molecule has 1 aliphatic heterocycles. The van der Waals surface area contributed by atoms with Crippen LogP contribution in [-0.4, -0.2) is 65.1 Å². The average molecular weight is 370 g/mol. The maximum Gasteiger partial charge on any atom is 0.337 e. The summed E-state index contributed by atoms with van der Waals surface area (Å²) < 4.78 is 36.8. The van der Waals surface area contributed by atoms with Gasteiger partial charge in [0.2, 0.25) is 10.0 Å². The van der Waals surface area contributed by atoms with E-state index in [1.807, 2.05) is 0 Å². The molecule has 0 spiro atoms. The van der Waals surface area contributed by atoms with Crippen LogP contribution in [0.15, 0.2) is 23.1 Å². The summed E-state index contributed by atoms with van der Waals surface area (Å²) in [5.74, 6) is -1.45. The van der Waals surface area contributed by atoms with Crippen LogP contribution in [0.5, 0.6) is 0 Å². The summed E-state index contributed by atoms with van der Waals surface area (Å²) in [5, 5.41) is 2.99. The zero-order chi connectivity index (χ0) is 18.6. The van der Waals surface area contributed by atoms with E-state index in [1.165, 1.54) is 36.7 Å². The van der Waals surface area contributed by atoms with Crippen molar-refractivity contribution in [2.45, 2.75) is 23.8 Å². The third-order valence-corrected chi connectivity index (χ3v) is 6.05. The average Bonchev–Trinajstić information content (AvgIpc) is 3.09. The zero-order valence-electron chi connectivity index (χ0n) is 14.4. The van der Waals surface area contributed by atoms with Crippen LogP contribution in [0.4, 0.5) is 0 Å². The van der Waals surface area contributed by atoms with Crippen molar-refractivity contribution < 1.29 is 27.5 Å². The third-order valence-electron chi connectivity index (χ3n) is 4.12. The van der Waals surface area contributed by atoms with E-state index in [4.69, 9.17) is 0 Å². The standard InChI is InChI=1S/C16H22N2O6S/c1-17-10-13-5-4-6-18(13)25(21,22)14-8-11(15(19)23-2)7-12(9-14)16(20)24-3/h7-9,13,17H,4-6,10H2,1-3H3. The van der Waals surface area contributed by atoms with Crippen molar-refractivity contribution in [1.29, 1.82) is 0 Å². The van der Waals surface area contributed by atoms with E-state index in [1.54, 1.807) is 7.05 Å². The molecule has 1 aliphatic rings. The van der Waals surface area contributed by atoms with Gasteiger partial charge in [0.05, 0.1) is 30.2 Å². The highest BCUT2D eigenvalue weighted by atomic mass is 32.2. The number of ether oxygens (including phenoxy) is 2. The number of methoxy groups -OCH3 is 2. The molecule has 1 aromatic carbocycles. The highest BCUT2D eigenvalue weighted by Gasteiger charge is 2.35. The molecule has 1 N–H and O–H groups in total. The molecular weight excluding hydrogens is 348 g/mol. The summed E-state index contributed by atoms with van der Waals surface area (Å²) in [6.45, 7) is 0.921. The van der Waals surface area contributed by atoms with Crippen LogP contribution in [-0.2, 0) is 19.5 Å². The lowest BCUT2D eigenvalue weighted by Gasteiger charge is -2.24. The lowest BCUT2D eigenvalue weighted by molar-refractivity contribution is 0.0598. The van der Waals surface area contributed by atoms with Gasteiger partial charge in [-0.3, -0.25) is 0 Å². The van der Waals surface area contributed by atoms with E-state index in [0.29, 0.717) is 13.1 Å². The van der Waals surface area contributed by atoms with Gasteiger partial charge in [0.1, 0.15) is 0 Å². The van der Waals surface area contributed by atoms with Gasteiger partial charge in [0.25, 0.3) is 0 Å². The molecule has 2 rings (SSSR count). The molecule has 25 heavy (non-hydrogen) atoms. The van der Waals surface area contributed by atoms with Crippen LogP contribution in [0.2, 0.25) is 0 Å². The Morgan fingerprint density at radius 1 is 1.16 bits per heavy atom. The Hall–Kier alpha value is -1.97. The van der Waals surface area contributed by atoms with Gasteiger partial charge < -0.3 is 14.8 Å². The topological polar surface area (TPSA) is 102 Å². The predicted molar refractivity (Wildman–Crippen MR) is 90.0 cm³/mol. The molecule has 1 atom stereocenters. The van der Waals surface area contributed by atoms with Gasteiger partial charge in [-0.25, -0.2) is 18.0 Å². The van der Waals surface area contributed by atoms with Gasteiger partial charge in [-0.15, -0.1) is 0 Å². The summed E-state index contributed by atoms with van der Waals surface area (Å²) >= 11 is 0. The van der Waals surface area contributed by atoms with Gasteiger partial charge in [-0.2, -0.15) is 4.31 Å². The van der Waals surface area contributed by atoms with Crippen LogP contribution in [0.25, 0.3) is 0 Å². The van der Waals surface area contributed by atoms with Crippen LogP contribution >= 0.6 is 0 Å². The lowest BCUT2D eigenvalue weighted by atomic mass is 10.1. The predicted octanol–water partition coefficient (Wildman–Crippen LogP) is 0.632. The molecule has 0 aromatic heterocycles. The quantitative estimate of drug-likeness (QED) is 0.733. The van der Waals surface area contributed by atoms with Crippen molar-refractivity contribution in [2.24, 2.45) is 0 Å². The van der Waals surface area contributed by atoms with Crippen LogP contribution < -0.4 is 5.32 Å². The first-order chi connectivity index (χ1) is 11.8. The van der Waals surface area contributed by atoms with E-state index >= 15 is 0 Å². The van der Waals surface area contributed by atoms with Gasteiger partial charge in [0.15, 0.2) is 0 Å². The Kier molecular flexibility index (Phi) is 6.15. The van der Waals surface area contributed by atoms with Crippen LogP contribution in [0.3, 0.4) is 0 Å². The number of hydrogen-bond donors (Lipinski definition) is 1. The van der Waals surface area contributed by atoms with Crippen LogP contribution in [0.1, 0.15) is 33.6 Å². The van der Waals surface area contributed by atoms with Crippen molar-refractivity contribution in [1.82, 2.24) is 9.62 Å². The summed E-state index contributed by atoms with van der Waals surface area (Å²) in [5.41, 5.74) is -0.0401. The number of rotatable bonds is 6. The minimum absolute atomic E-state index is 0.0201. The van der Waals surface area contributed by atoms with E-state index < -0.39 is 22.0 Å². The molecule has 1 heterocycles. The molecular formula is C16H22N2O6S. The van der Waals surface area contributed by atoms with Crippen molar-refractivity contribution in [2.75, 3.05) is 34.4 Å². The normalized spacial score (nSPS) is 18.1. The van der Waals surface area contributed by atoms with Crippen molar-refractivity contribution in [3.8, 4) is 0 Å². The Morgan fingerprint density at radius 3 is 2.20 bits per heavy atom. The maximum absolute atomic E-state index is 13.0. The fraction of sp³-hybridized carbons (Fsp3) is 0.500. The molecule has 8 nitrogen and oxygen atoms in total. The second-order valence-corrected chi connectivity index (χ2v) is 7.59. The SMILES string of the molecule is CNCC1CCCN1S(=O)(=O)c1cc(C(=O)OC)cc(C(=O)OC)c1. The smallest absolute Gasteiger partial charge is 0.337 e. The van der Waals surface area contributed by atoms with Gasteiger partial charge in [-0.1, -0.05) is 0 Å². The molecule has 1 saturated heterocycles. The first kappa shape index (κ1) is 19.4. The van der Waals surface area contributed by atoms with Gasteiger partial charge in [-0.05, 0) is 38.1 Å². The second-order valence-electron chi connectivity index (χ2n) is 5.70. The number of hydrogen-bond acceptors (Lipinski definition) is 7. The number of nitrogens with zero attached hydrogens (tertiary/aromatic N) is 1. The summed E-state index contributed by atoms with van der Waals surface area (Å²) in [6, 6.07) is 3.54. The van der Waals surface area contributed by atoms with E-state index in [9.17, 15) is 18.0 Å². The monoisotopic (exact) mass is 370 g/mol. The number of esters is 2. The Morgan fingerprint density at radius 2 is 1.72 bits per heavy atom. The van der Waals surface area contributed by atoms with Crippen molar-refractivity contribution >= 4 is 22.0 Å². The first-order valence-corrected chi connectivity index (χ1v) is 9.27. The zero-order valence-corrected chi connectivity index (χ0v) is 15.3. The maximum atomic E-state index is 13.0. The minimum Gasteiger partial charge on any atom is -0.465 e. The number of benzene rings is 1. The first-order valence-electron chi connectivity index (χ1n) is 7.83. The fourth-order valence-electron chi connectivity index (χ4n) is 2.92. The number of carbonyl (C=O) groups is 2. The molecule has 1 aromatic rings. The molecule has 0 aliphatic carbocycles. The molecule has 1 fully saturated rings. The Bertz CT molecular complexity index is 728. The Balaban J connectivity index is 2.52. The highest BCUT2D eigenvalue weighted by Crippen LogP contribution is 2.27. The molecule has 138 valence electrons. The number of likely N-dealkylation sites (N-methyl/N-ethyl adjacent to an activating group) is 1. The molecule has 0 radical (unpaired) electrons. The molecule has 0 amide bonds. The van der Waals surface area contributed by atoms with Crippen LogP contribution in [0, 0.1) is 0 Å². The lowest BCUT2D eigenvalue weighted by Crippen LogP contribution is -2.40. The minimum atomic E-state index is -3.86.